The average molecular weight is 378 g/mol. The minimum Gasteiger partial charge on any atom is -0.396 e. The Morgan fingerprint density at radius 2 is 2.24 bits per heavy atom. The lowest BCUT2D eigenvalue weighted by Crippen LogP contribution is -2.23. The fourth-order valence-corrected chi connectivity index (χ4v) is 3.52. The number of aliphatic hydroxyl groups excluding tert-OH is 1. The summed E-state index contributed by atoms with van der Waals surface area (Å²) < 4.78 is 1.83. The molecule has 130 valence electrons. The number of rotatable bonds is 5. The van der Waals surface area contributed by atoms with Crippen LogP contribution >= 0.6 is 22.9 Å². The summed E-state index contributed by atoms with van der Waals surface area (Å²) in [5, 5.41) is 12.8. The van der Waals surface area contributed by atoms with E-state index in [0.29, 0.717) is 28.5 Å². The summed E-state index contributed by atoms with van der Waals surface area (Å²) in [6.45, 7) is 2.56. The zero-order chi connectivity index (χ0) is 18.0. The van der Waals surface area contributed by atoms with Crippen LogP contribution in [0.2, 0.25) is 5.02 Å². The van der Waals surface area contributed by atoms with Crippen LogP contribution in [0.5, 0.6) is 0 Å². The molecule has 0 atom stereocenters. The molecule has 0 saturated carbocycles. The molecule has 3 aromatic rings. The summed E-state index contributed by atoms with van der Waals surface area (Å²) in [4.78, 5) is 30.2. The first kappa shape index (κ1) is 17.6. The summed E-state index contributed by atoms with van der Waals surface area (Å²) in [5.74, 6) is -0.515. The number of halogens is 1. The number of aryl methyl sites for hydroxylation is 1. The number of anilines is 1. The highest BCUT2D eigenvalue weighted by Gasteiger charge is 2.17. The standard InChI is InChI=1S/C17H16ClN3O3S/c1-2-21-9-13(15(23)12-7-10(18)3-4-14(12)21)16(24)20-17-19-8-11(25-17)5-6-22/h3-4,7-9,22H,2,5-6H2,1H3,(H,19,20,24). The monoisotopic (exact) mass is 377 g/mol. The van der Waals surface area contributed by atoms with Gasteiger partial charge in [0.1, 0.15) is 5.56 Å². The van der Waals surface area contributed by atoms with Gasteiger partial charge in [0.25, 0.3) is 5.91 Å². The molecule has 1 aromatic carbocycles. The van der Waals surface area contributed by atoms with Crippen LogP contribution in [0.3, 0.4) is 0 Å². The third-order valence-electron chi connectivity index (χ3n) is 3.76. The highest BCUT2D eigenvalue weighted by Crippen LogP contribution is 2.20. The lowest BCUT2D eigenvalue weighted by molar-refractivity contribution is 0.102. The molecule has 0 fully saturated rings. The van der Waals surface area contributed by atoms with Gasteiger partial charge >= 0.3 is 0 Å². The summed E-state index contributed by atoms with van der Waals surface area (Å²) in [6, 6.07) is 5.06. The van der Waals surface area contributed by atoms with Crippen molar-refractivity contribution < 1.29 is 9.90 Å². The van der Waals surface area contributed by atoms with Crippen LogP contribution in [0, 0.1) is 0 Å². The molecule has 1 amide bonds. The minimum atomic E-state index is -0.515. The van der Waals surface area contributed by atoms with Crippen LogP contribution in [0.15, 0.2) is 35.4 Å². The Hall–Kier alpha value is -2.22. The number of benzene rings is 1. The van der Waals surface area contributed by atoms with Gasteiger partial charge in [-0.25, -0.2) is 4.98 Å². The lowest BCUT2D eigenvalue weighted by atomic mass is 10.1. The van der Waals surface area contributed by atoms with E-state index in [0.717, 1.165) is 10.4 Å². The van der Waals surface area contributed by atoms with Crippen molar-refractivity contribution in [3.63, 3.8) is 0 Å². The van der Waals surface area contributed by atoms with Gasteiger partial charge in [-0.3, -0.25) is 14.9 Å². The zero-order valence-corrected chi connectivity index (χ0v) is 15.0. The molecule has 2 aromatic heterocycles. The molecule has 2 N–H and O–H groups in total. The van der Waals surface area contributed by atoms with Crippen LogP contribution in [-0.2, 0) is 13.0 Å². The van der Waals surface area contributed by atoms with Gasteiger partial charge in [0.15, 0.2) is 5.13 Å². The second-order valence-corrected chi connectivity index (χ2v) is 6.93. The number of fused-ring (bicyclic) bond motifs is 1. The Morgan fingerprint density at radius 1 is 1.44 bits per heavy atom. The Kier molecular flexibility index (Phi) is 5.17. The van der Waals surface area contributed by atoms with Gasteiger partial charge in [0, 0.05) is 47.3 Å². The molecule has 0 aliphatic heterocycles. The molecule has 0 saturated heterocycles. The molecular formula is C17H16ClN3O3S. The van der Waals surface area contributed by atoms with Crippen LogP contribution in [0.1, 0.15) is 22.2 Å². The van der Waals surface area contributed by atoms with Crippen molar-refractivity contribution in [3.8, 4) is 0 Å². The predicted octanol–water partition coefficient (Wildman–Crippen LogP) is 2.92. The largest absolute Gasteiger partial charge is 0.396 e. The van der Waals surface area contributed by atoms with Crippen LogP contribution in [0.4, 0.5) is 5.13 Å². The fraction of sp³-hybridized carbons (Fsp3) is 0.235. The fourth-order valence-electron chi connectivity index (χ4n) is 2.55. The molecular weight excluding hydrogens is 362 g/mol. The van der Waals surface area contributed by atoms with Crippen molar-refractivity contribution in [1.29, 1.82) is 0 Å². The van der Waals surface area contributed by atoms with E-state index in [-0.39, 0.29) is 17.6 Å². The molecule has 0 aliphatic rings. The first-order chi connectivity index (χ1) is 12.0. The van der Waals surface area contributed by atoms with Crippen LogP contribution in [0.25, 0.3) is 10.9 Å². The SMILES string of the molecule is CCn1cc(C(=O)Nc2ncc(CCO)s2)c(=O)c2cc(Cl)ccc21. The van der Waals surface area contributed by atoms with Gasteiger partial charge in [-0.2, -0.15) is 0 Å². The quantitative estimate of drug-likeness (QED) is 0.716. The maximum atomic E-state index is 12.7. The average Bonchev–Trinajstić information content (AvgIpc) is 3.03. The lowest BCUT2D eigenvalue weighted by Gasteiger charge is -2.11. The van der Waals surface area contributed by atoms with Crippen molar-refractivity contribution in [1.82, 2.24) is 9.55 Å². The molecule has 3 rings (SSSR count). The van der Waals surface area contributed by atoms with Gasteiger partial charge in [0.05, 0.1) is 5.52 Å². The van der Waals surface area contributed by atoms with Crippen molar-refractivity contribution in [2.24, 2.45) is 0 Å². The molecule has 0 unspecified atom stereocenters. The molecule has 2 heterocycles. The van der Waals surface area contributed by atoms with Gasteiger partial charge in [0.2, 0.25) is 5.43 Å². The minimum absolute atomic E-state index is 0.0161. The van der Waals surface area contributed by atoms with Crippen molar-refractivity contribution in [2.75, 3.05) is 11.9 Å². The van der Waals surface area contributed by atoms with Crippen molar-refractivity contribution in [3.05, 3.63) is 56.3 Å². The first-order valence-electron chi connectivity index (χ1n) is 7.73. The molecule has 0 spiro atoms. The predicted molar refractivity (Wildman–Crippen MR) is 99.7 cm³/mol. The number of aromatic nitrogens is 2. The normalized spacial score (nSPS) is 11.0. The van der Waals surface area contributed by atoms with E-state index in [1.54, 1.807) is 30.6 Å². The number of nitrogens with zero attached hydrogens (tertiary/aromatic N) is 2. The van der Waals surface area contributed by atoms with E-state index < -0.39 is 5.91 Å². The third kappa shape index (κ3) is 3.58. The van der Waals surface area contributed by atoms with Gasteiger partial charge in [-0.05, 0) is 25.1 Å². The number of carbonyl (C=O) groups excluding carboxylic acids is 1. The van der Waals surface area contributed by atoms with E-state index in [1.165, 1.54) is 11.3 Å². The topological polar surface area (TPSA) is 84.2 Å². The number of pyridine rings is 1. The second-order valence-electron chi connectivity index (χ2n) is 5.38. The Balaban J connectivity index is 2.00. The highest BCUT2D eigenvalue weighted by molar-refractivity contribution is 7.15. The van der Waals surface area contributed by atoms with E-state index in [1.807, 2.05) is 11.5 Å². The van der Waals surface area contributed by atoms with E-state index in [4.69, 9.17) is 16.7 Å². The Bertz CT molecular complexity index is 996. The van der Waals surface area contributed by atoms with Crippen LogP contribution < -0.4 is 10.7 Å². The maximum Gasteiger partial charge on any atom is 0.262 e. The van der Waals surface area contributed by atoms with Gasteiger partial charge in [-0.15, -0.1) is 11.3 Å². The maximum absolute atomic E-state index is 12.7. The van der Waals surface area contributed by atoms with E-state index in [2.05, 4.69) is 10.3 Å². The highest BCUT2D eigenvalue weighted by atomic mass is 35.5. The van der Waals surface area contributed by atoms with Gasteiger partial charge in [-0.1, -0.05) is 11.6 Å². The summed E-state index contributed by atoms with van der Waals surface area (Å²) in [5.41, 5.74) is 0.398. The number of thiazole rings is 1. The van der Waals surface area contributed by atoms with Crippen LogP contribution in [-0.4, -0.2) is 27.2 Å². The first-order valence-corrected chi connectivity index (χ1v) is 8.92. The summed E-state index contributed by atoms with van der Waals surface area (Å²) in [6.07, 6.45) is 3.63. The number of nitrogens with one attached hydrogen (secondary N) is 1. The number of amides is 1. The molecule has 0 bridgehead atoms. The molecule has 0 radical (unpaired) electrons. The smallest absolute Gasteiger partial charge is 0.262 e. The van der Waals surface area contributed by atoms with Crippen molar-refractivity contribution >= 4 is 44.9 Å². The number of hydrogen-bond acceptors (Lipinski definition) is 5. The zero-order valence-electron chi connectivity index (χ0n) is 13.5. The van der Waals surface area contributed by atoms with Crippen molar-refractivity contribution in [2.45, 2.75) is 19.9 Å². The third-order valence-corrected chi connectivity index (χ3v) is 4.97. The van der Waals surface area contributed by atoms with E-state index >= 15 is 0 Å². The molecule has 8 heteroatoms. The molecule has 25 heavy (non-hydrogen) atoms. The Labute approximate surface area is 152 Å². The molecule has 6 nitrogen and oxygen atoms in total. The summed E-state index contributed by atoms with van der Waals surface area (Å²) >= 11 is 7.27. The number of aliphatic hydroxyl groups is 1. The Morgan fingerprint density at radius 3 is 2.96 bits per heavy atom. The summed E-state index contributed by atoms with van der Waals surface area (Å²) in [7, 11) is 0. The molecule has 0 aliphatic carbocycles. The number of hydrogen-bond donors (Lipinski definition) is 2. The number of carbonyl (C=O) groups is 1. The van der Waals surface area contributed by atoms with Gasteiger partial charge < -0.3 is 9.67 Å². The second kappa shape index (κ2) is 7.35. The van der Waals surface area contributed by atoms with E-state index in [9.17, 15) is 9.59 Å².